The number of rotatable bonds is 7. The van der Waals surface area contributed by atoms with Gasteiger partial charge in [-0.05, 0) is 60.0 Å². The minimum absolute atomic E-state index is 0.0828. The number of aromatic amines is 1. The van der Waals surface area contributed by atoms with Crippen LogP contribution in [0.1, 0.15) is 32.0 Å². The fraction of sp³-hybridized carbons (Fsp3) is 0.179. The Morgan fingerprint density at radius 1 is 1.11 bits per heavy atom. The molecular formula is C28H26N4O4. The topological polar surface area (TPSA) is 111 Å². The Labute approximate surface area is 208 Å². The molecule has 182 valence electrons. The van der Waals surface area contributed by atoms with Gasteiger partial charge in [0.1, 0.15) is 0 Å². The Kier molecular flexibility index (Phi) is 5.72. The predicted molar refractivity (Wildman–Crippen MR) is 138 cm³/mol. The van der Waals surface area contributed by atoms with Gasteiger partial charge in [0.05, 0.1) is 25.3 Å². The van der Waals surface area contributed by atoms with E-state index >= 15 is 0 Å². The van der Waals surface area contributed by atoms with E-state index in [4.69, 9.17) is 15.2 Å². The quantitative estimate of drug-likeness (QED) is 0.227. The number of ether oxygens (including phenoxy) is 2. The van der Waals surface area contributed by atoms with Gasteiger partial charge in [-0.15, -0.1) is 0 Å². The first-order chi connectivity index (χ1) is 17.3. The molecule has 0 aliphatic carbocycles. The summed E-state index contributed by atoms with van der Waals surface area (Å²) in [5.41, 5.74) is 12.4. The van der Waals surface area contributed by atoms with Crippen molar-refractivity contribution in [3.05, 3.63) is 83.1 Å². The molecule has 1 aliphatic rings. The van der Waals surface area contributed by atoms with Crippen LogP contribution in [0.15, 0.2) is 60.7 Å². The van der Waals surface area contributed by atoms with Gasteiger partial charge in [-0.2, -0.15) is 5.10 Å². The Morgan fingerprint density at radius 2 is 1.89 bits per heavy atom. The third kappa shape index (κ3) is 3.76. The standard InChI is InChI=1S/C28H26N4O4/c1-15(27(33)18-6-10-24(35-3)25(12-18)36-4)13-32-14-21-19(7-8-22(29)26(21)28(32)34)17-5-9-23-20(11-17)16(2)30-31-23/h5-12H,1,13-14,29H2,2-4H3,(H,30,31). The van der Waals surface area contributed by atoms with Crippen LogP contribution in [0.4, 0.5) is 5.69 Å². The van der Waals surface area contributed by atoms with E-state index in [1.807, 2.05) is 25.1 Å². The van der Waals surface area contributed by atoms with Gasteiger partial charge in [0, 0.05) is 41.0 Å². The fourth-order valence-electron chi connectivity index (χ4n) is 4.69. The minimum Gasteiger partial charge on any atom is -0.493 e. The normalized spacial score (nSPS) is 12.6. The maximum Gasteiger partial charge on any atom is 0.256 e. The number of aromatic nitrogens is 2. The molecule has 5 rings (SSSR count). The molecule has 1 aliphatic heterocycles. The monoisotopic (exact) mass is 482 g/mol. The molecule has 4 aromatic rings. The molecule has 0 radical (unpaired) electrons. The summed E-state index contributed by atoms with van der Waals surface area (Å²) in [6.07, 6.45) is 0. The van der Waals surface area contributed by atoms with E-state index in [-0.39, 0.29) is 18.2 Å². The second-order valence-corrected chi connectivity index (χ2v) is 8.80. The van der Waals surface area contributed by atoms with Crippen LogP contribution in [0, 0.1) is 6.92 Å². The number of hydrogen-bond donors (Lipinski definition) is 2. The number of hydrogen-bond acceptors (Lipinski definition) is 6. The first-order valence-electron chi connectivity index (χ1n) is 11.4. The van der Waals surface area contributed by atoms with E-state index in [0.29, 0.717) is 40.4 Å². The summed E-state index contributed by atoms with van der Waals surface area (Å²) in [5.74, 6) is 0.486. The zero-order valence-electron chi connectivity index (χ0n) is 20.3. The number of nitrogens with two attached hydrogens (primary N) is 1. The number of benzene rings is 3. The highest BCUT2D eigenvalue weighted by Gasteiger charge is 2.33. The number of anilines is 1. The van der Waals surface area contributed by atoms with Gasteiger partial charge < -0.3 is 20.1 Å². The van der Waals surface area contributed by atoms with Gasteiger partial charge in [0.2, 0.25) is 0 Å². The first-order valence-corrected chi connectivity index (χ1v) is 11.4. The lowest BCUT2D eigenvalue weighted by Crippen LogP contribution is -2.28. The van der Waals surface area contributed by atoms with Crippen molar-refractivity contribution in [2.45, 2.75) is 13.5 Å². The number of ketones is 1. The van der Waals surface area contributed by atoms with Crippen molar-refractivity contribution in [1.82, 2.24) is 15.1 Å². The first kappa shape index (κ1) is 23.2. The van der Waals surface area contributed by atoms with Crippen molar-refractivity contribution >= 4 is 28.3 Å². The fourth-order valence-corrected chi connectivity index (χ4v) is 4.69. The van der Waals surface area contributed by atoms with Gasteiger partial charge in [0.15, 0.2) is 17.3 Å². The van der Waals surface area contributed by atoms with Crippen LogP contribution in [0.25, 0.3) is 22.0 Å². The predicted octanol–water partition coefficient (Wildman–Crippen LogP) is 4.53. The summed E-state index contributed by atoms with van der Waals surface area (Å²) in [6, 6.07) is 14.6. The van der Waals surface area contributed by atoms with Gasteiger partial charge in [-0.25, -0.2) is 0 Å². The second kappa shape index (κ2) is 8.88. The zero-order valence-corrected chi connectivity index (χ0v) is 20.3. The molecule has 0 saturated heterocycles. The molecule has 3 aromatic carbocycles. The summed E-state index contributed by atoms with van der Waals surface area (Å²) < 4.78 is 10.6. The number of carbonyl (C=O) groups excluding carboxylic acids is 2. The molecule has 8 nitrogen and oxygen atoms in total. The zero-order chi connectivity index (χ0) is 25.6. The number of nitrogen functional groups attached to an aromatic ring is 1. The number of fused-ring (bicyclic) bond motifs is 2. The maximum atomic E-state index is 13.3. The van der Waals surface area contributed by atoms with Crippen LogP contribution in [0.2, 0.25) is 0 Å². The summed E-state index contributed by atoms with van der Waals surface area (Å²) in [5, 5.41) is 8.32. The van der Waals surface area contributed by atoms with E-state index in [9.17, 15) is 9.59 Å². The SMILES string of the molecule is C=C(CN1Cc2c(-c3ccc4n[nH]c(C)c4c3)ccc(N)c2C1=O)C(=O)c1ccc(OC)c(OC)c1. The van der Waals surface area contributed by atoms with Crippen molar-refractivity contribution < 1.29 is 19.1 Å². The highest BCUT2D eigenvalue weighted by molar-refractivity contribution is 6.10. The molecule has 0 saturated carbocycles. The van der Waals surface area contributed by atoms with Crippen molar-refractivity contribution in [2.75, 3.05) is 26.5 Å². The van der Waals surface area contributed by atoms with Crippen LogP contribution in [0.3, 0.4) is 0 Å². The molecule has 0 atom stereocenters. The van der Waals surface area contributed by atoms with Crippen LogP contribution < -0.4 is 15.2 Å². The summed E-state index contributed by atoms with van der Waals surface area (Å²) in [4.78, 5) is 28.0. The molecule has 1 aromatic heterocycles. The van der Waals surface area contributed by atoms with E-state index in [1.165, 1.54) is 14.2 Å². The molecule has 0 unspecified atom stereocenters. The number of H-pyrrole nitrogens is 1. The molecule has 36 heavy (non-hydrogen) atoms. The number of amides is 1. The number of Topliss-reactive ketones (excluding diaryl/α,β-unsaturated/α-hetero) is 1. The van der Waals surface area contributed by atoms with Gasteiger partial charge >= 0.3 is 0 Å². The number of methoxy groups -OCH3 is 2. The van der Waals surface area contributed by atoms with Crippen LogP contribution in [0.5, 0.6) is 11.5 Å². The lowest BCUT2D eigenvalue weighted by Gasteiger charge is -2.17. The average molecular weight is 483 g/mol. The lowest BCUT2D eigenvalue weighted by atomic mass is 9.95. The molecule has 0 fully saturated rings. The summed E-state index contributed by atoms with van der Waals surface area (Å²) in [7, 11) is 3.04. The number of nitrogens with one attached hydrogen (secondary N) is 1. The Balaban J connectivity index is 1.42. The number of nitrogens with zero attached hydrogens (tertiary/aromatic N) is 2. The molecule has 3 N–H and O–H groups in total. The summed E-state index contributed by atoms with van der Waals surface area (Å²) in [6.45, 7) is 6.36. The third-order valence-corrected chi connectivity index (χ3v) is 6.60. The minimum atomic E-state index is -0.270. The average Bonchev–Trinajstić information content (AvgIpc) is 3.42. The molecule has 1 amide bonds. The van der Waals surface area contributed by atoms with E-state index in [2.05, 4.69) is 22.8 Å². The second-order valence-electron chi connectivity index (χ2n) is 8.80. The van der Waals surface area contributed by atoms with E-state index in [0.717, 1.165) is 33.3 Å². The van der Waals surface area contributed by atoms with E-state index in [1.54, 1.807) is 29.2 Å². The third-order valence-electron chi connectivity index (χ3n) is 6.60. The molecule has 0 spiro atoms. The number of aryl methyl sites for hydroxylation is 1. The molecular weight excluding hydrogens is 456 g/mol. The van der Waals surface area contributed by atoms with Crippen LogP contribution in [-0.4, -0.2) is 47.6 Å². The van der Waals surface area contributed by atoms with Crippen molar-refractivity contribution in [3.8, 4) is 22.6 Å². The van der Waals surface area contributed by atoms with Crippen molar-refractivity contribution in [1.29, 1.82) is 0 Å². The Bertz CT molecular complexity index is 1550. The van der Waals surface area contributed by atoms with Gasteiger partial charge in [-0.3, -0.25) is 14.7 Å². The van der Waals surface area contributed by atoms with E-state index < -0.39 is 0 Å². The Hall–Kier alpha value is -4.59. The van der Waals surface area contributed by atoms with Crippen LogP contribution >= 0.6 is 0 Å². The Morgan fingerprint density at radius 3 is 2.64 bits per heavy atom. The van der Waals surface area contributed by atoms with Crippen molar-refractivity contribution in [2.24, 2.45) is 0 Å². The molecule has 0 bridgehead atoms. The van der Waals surface area contributed by atoms with Gasteiger partial charge in [-0.1, -0.05) is 18.7 Å². The lowest BCUT2D eigenvalue weighted by molar-refractivity contribution is 0.0789. The van der Waals surface area contributed by atoms with Gasteiger partial charge in [0.25, 0.3) is 5.91 Å². The highest BCUT2D eigenvalue weighted by atomic mass is 16.5. The largest absolute Gasteiger partial charge is 0.493 e. The van der Waals surface area contributed by atoms with Crippen molar-refractivity contribution in [3.63, 3.8) is 0 Å². The van der Waals surface area contributed by atoms with Crippen LogP contribution in [-0.2, 0) is 6.54 Å². The molecule has 2 heterocycles. The summed E-state index contributed by atoms with van der Waals surface area (Å²) >= 11 is 0. The number of carbonyl (C=O) groups is 2. The highest BCUT2D eigenvalue weighted by Crippen LogP contribution is 2.37. The maximum absolute atomic E-state index is 13.3. The smallest absolute Gasteiger partial charge is 0.256 e. The molecule has 8 heteroatoms.